The summed E-state index contributed by atoms with van der Waals surface area (Å²) in [7, 11) is 0. The molecule has 2 atom stereocenters. The first-order valence-electron chi connectivity index (χ1n) is 5.47. The molecule has 0 fully saturated rings. The van der Waals surface area contributed by atoms with Crippen molar-refractivity contribution in [1.29, 1.82) is 5.26 Å². The molecule has 0 radical (unpaired) electrons. The molecule has 1 N–H and O–H groups in total. The standard InChI is InChI=1S/C12H8F3NO4/c13-12(14,15)10-9(20-11(17)18)4-7-3-6(5-16)1-2-8(7)19-10/h1-3,9-10H,4H2,(H,17,18)/t9-,10+/m0/s1. The molecule has 8 heteroatoms. The Morgan fingerprint density at radius 1 is 1.50 bits per heavy atom. The molecule has 2 rings (SSSR count). The van der Waals surface area contributed by atoms with Crippen molar-refractivity contribution in [1.82, 2.24) is 0 Å². The molecule has 0 unspecified atom stereocenters. The zero-order chi connectivity index (χ0) is 14.9. The van der Waals surface area contributed by atoms with Crippen LogP contribution in [0.25, 0.3) is 0 Å². The minimum Gasteiger partial charge on any atom is -0.477 e. The highest BCUT2D eigenvalue weighted by molar-refractivity contribution is 5.57. The quantitative estimate of drug-likeness (QED) is 0.803. The van der Waals surface area contributed by atoms with Gasteiger partial charge in [0.25, 0.3) is 0 Å². The van der Waals surface area contributed by atoms with Crippen LogP contribution in [0.1, 0.15) is 11.1 Å². The third-order valence-corrected chi connectivity index (χ3v) is 2.78. The lowest BCUT2D eigenvalue weighted by molar-refractivity contribution is -0.225. The fraction of sp³-hybridized carbons (Fsp3) is 0.333. The van der Waals surface area contributed by atoms with Gasteiger partial charge in [-0.25, -0.2) is 4.79 Å². The molecule has 0 saturated heterocycles. The van der Waals surface area contributed by atoms with Crippen molar-refractivity contribution in [3.05, 3.63) is 29.3 Å². The molecule has 1 aromatic rings. The summed E-state index contributed by atoms with van der Waals surface area (Å²) in [6.07, 6.45) is -10.9. The van der Waals surface area contributed by atoms with Crippen LogP contribution in [0.5, 0.6) is 5.75 Å². The number of hydrogen-bond acceptors (Lipinski definition) is 4. The zero-order valence-electron chi connectivity index (χ0n) is 9.85. The molecular formula is C12H8F3NO4. The van der Waals surface area contributed by atoms with Gasteiger partial charge in [-0.15, -0.1) is 0 Å². The average Bonchev–Trinajstić information content (AvgIpc) is 2.35. The van der Waals surface area contributed by atoms with Crippen LogP contribution in [-0.4, -0.2) is 29.6 Å². The number of rotatable bonds is 1. The first-order valence-corrected chi connectivity index (χ1v) is 5.47. The number of hydrogen-bond donors (Lipinski definition) is 1. The van der Waals surface area contributed by atoms with Gasteiger partial charge in [-0.1, -0.05) is 0 Å². The highest BCUT2D eigenvalue weighted by Gasteiger charge is 2.51. The van der Waals surface area contributed by atoms with Crippen molar-refractivity contribution >= 4 is 6.16 Å². The van der Waals surface area contributed by atoms with E-state index >= 15 is 0 Å². The molecule has 20 heavy (non-hydrogen) atoms. The lowest BCUT2D eigenvalue weighted by Crippen LogP contribution is -2.49. The van der Waals surface area contributed by atoms with E-state index in [1.165, 1.54) is 18.2 Å². The second-order valence-corrected chi connectivity index (χ2v) is 4.14. The van der Waals surface area contributed by atoms with E-state index in [0.717, 1.165) is 0 Å². The lowest BCUT2D eigenvalue weighted by atomic mass is 9.97. The van der Waals surface area contributed by atoms with E-state index < -0.39 is 24.5 Å². The van der Waals surface area contributed by atoms with E-state index in [1.54, 1.807) is 0 Å². The second-order valence-electron chi connectivity index (χ2n) is 4.14. The smallest absolute Gasteiger partial charge is 0.477 e. The Hall–Kier alpha value is -2.43. The van der Waals surface area contributed by atoms with Gasteiger partial charge in [0.05, 0.1) is 11.6 Å². The highest BCUT2D eigenvalue weighted by Crippen LogP contribution is 2.36. The zero-order valence-corrected chi connectivity index (χ0v) is 9.85. The largest absolute Gasteiger partial charge is 0.506 e. The van der Waals surface area contributed by atoms with Crippen LogP contribution in [0, 0.1) is 11.3 Å². The van der Waals surface area contributed by atoms with E-state index in [-0.39, 0.29) is 17.7 Å². The van der Waals surface area contributed by atoms with Gasteiger partial charge in [-0.05, 0) is 23.8 Å². The Morgan fingerprint density at radius 3 is 2.75 bits per heavy atom. The molecule has 0 bridgehead atoms. The van der Waals surface area contributed by atoms with Crippen LogP contribution in [-0.2, 0) is 11.2 Å². The van der Waals surface area contributed by atoms with Crippen molar-refractivity contribution < 1.29 is 32.5 Å². The predicted molar refractivity (Wildman–Crippen MR) is 58.2 cm³/mol. The fourth-order valence-electron chi connectivity index (χ4n) is 1.97. The van der Waals surface area contributed by atoms with Crippen LogP contribution in [0.2, 0.25) is 0 Å². The van der Waals surface area contributed by atoms with Crippen LogP contribution < -0.4 is 4.74 Å². The molecule has 0 aliphatic carbocycles. The normalized spacial score (nSPS) is 21.3. The molecule has 0 aromatic heterocycles. The van der Waals surface area contributed by atoms with E-state index in [1.807, 2.05) is 6.07 Å². The summed E-state index contributed by atoms with van der Waals surface area (Å²) in [5.74, 6) is -0.0310. The fourth-order valence-corrected chi connectivity index (χ4v) is 1.97. The van der Waals surface area contributed by atoms with Gasteiger partial charge in [0, 0.05) is 6.42 Å². The van der Waals surface area contributed by atoms with Gasteiger partial charge >= 0.3 is 12.3 Å². The number of fused-ring (bicyclic) bond motifs is 1. The van der Waals surface area contributed by atoms with Crippen molar-refractivity contribution in [2.45, 2.75) is 24.8 Å². The van der Waals surface area contributed by atoms with Crippen molar-refractivity contribution in [3.63, 3.8) is 0 Å². The van der Waals surface area contributed by atoms with E-state index in [2.05, 4.69) is 4.74 Å². The molecule has 1 aliphatic heterocycles. The Balaban J connectivity index is 2.36. The minimum atomic E-state index is -4.76. The topological polar surface area (TPSA) is 79.5 Å². The number of carbonyl (C=O) groups is 1. The Labute approximate surface area is 111 Å². The third-order valence-electron chi connectivity index (χ3n) is 2.78. The minimum absolute atomic E-state index is 0.0310. The number of nitriles is 1. The summed E-state index contributed by atoms with van der Waals surface area (Å²) in [4.78, 5) is 10.5. The molecule has 1 heterocycles. The SMILES string of the molecule is N#Cc1ccc2c(c1)C[C@H](OC(=O)O)[C@H](C(F)(F)F)O2. The Bertz CT molecular complexity index is 579. The third kappa shape index (κ3) is 2.77. The van der Waals surface area contributed by atoms with Gasteiger partial charge in [0.15, 0.2) is 6.10 Å². The maximum absolute atomic E-state index is 12.8. The van der Waals surface area contributed by atoms with E-state index in [9.17, 15) is 18.0 Å². The first kappa shape index (κ1) is 14.0. The van der Waals surface area contributed by atoms with Gasteiger partial charge in [0.2, 0.25) is 6.10 Å². The molecule has 106 valence electrons. The van der Waals surface area contributed by atoms with Gasteiger partial charge in [-0.2, -0.15) is 18.4 Å². The first-order chi connectivity index (χ1) is 9.31. The summed E-state index contributed by atoms with van der Waals surface area (Å²) < 4.78 is 47.5. The highest BCUT2D eigenvalue weighted by atomic mass is 19.4. The van der Waals surface area contributed by atoms with E-state index in [4.69, 9.17) is 15.1 Å². The van der Waals surface area contributed by atoms with Crippen LogP contribution >= 0.6 is 0 Å². The second kappa shape index (κ2) is 4.92. The molecule has 0 spiro atoms. The van der Waals surface area contributed by atoms with E-state index in [0.29, 0.717) is 5.56 Å². The van der Waals surface area contributed by atoms with Gasteiger partial charge in [0.1, 0.15) is 5.75 Å². The average molecular weight is 287 g/mol. The molecule has 1 aromatic carbocycles. The summed E-state index contributed by atoms with van der Waals surface area (Å²) in [6.45, 7) is 0. The molecule has 0 amide bonds. The Morgan fingerprint density at radius 2 is 2.20 bits per heavy atom. The molecule has 0 saturated carbocycles. The number of halogens is 3. The summed E-state index contributed by atoms with van der Waals surface area (Å²) >= 11 is 0. The maximum atomic E-state index is 12.8. The van der Waals surface area contributed by atoms with Crippen molar-refractivity contribution in [3.8, 4) is 11.8 Å². The number of alkyl halides is 3. The van der Waals surface area contributed by atoms with Gasteiger partial charge in [-0.3, -0.25) is 0 Å². The van der Waals surface area contributed by atoms with Gasteiger partial charge < -0.3 is 14.6 Å². The van der Waals surface area contributed by atoms with Crippen molar-refractivity contribution in [2.75, 3.05) is 0 Å². The van der Waals surface area contributed by atoms with Crippen LogP contribution in [0.4, 0.5) is 18.0 Å². The van der Waals surface area contributed by atoms with Crippen LogP contribution in [0.3, 0.4) is 0 Å². The number of nitrogens with zero attached hydrogens (tertiary/aromatic N) is 1. The number of benzene rings is 1. The maximum Gasteiger partial charge on any atom is 0.506 e. The molecular weight excluding hydrogens is 279 g/mol. The monoisotopic (exact) mass is 287 g/mol. The summed E-state index contributed by atoms with van der Waals surface area (Å²) in [5, 5.41) is 17.2. The summed E-state index contributed by atoms with van der Waals surface area (Å²) in [6, 6.07) is 5.76. The van der Waals surface area contributed by atoms with Crippen LogP contribution in [0.15, 0.2) is 18.2 Å². The molecule has 5 nitrogen and oxygen atoms in total. The number of carboxylic acid groups (broad SMARTS) is 1. The number of ether oxygens (including phenoxy) is 2. The summed E-state index contributed by atoms with van der Waals surface area (Å²) in [5.41, 5.74) is 0.544. The lowest BCUT2D eigenvalue weighted by Gasteiger charge is -2.33. The Kier molecular flexibility index (Phi) is 3.44. The molecule has 1 aliphatic rings. The predicted octanol–water partition coefficient (Wildman–Crippen LogP) is 2.49. The van der Waals surface area contributed by atoms with Crippen molar-refractivity contribution in [2.24, 2.45) is 0 Å².